The first-order valence-electron chi connectivity index (χ1n) is 12.0. The van der Waals surface area contributed by atoms with Crippen LogP contribution >= 0.6 is 23.2 Å². The van der Waals surface area contributed by atoms with Crippen LogP contribution in [-0.2, 0) is 11.4 Å². The molecule has 39 heavy (non-hydrogen) atoms. The fourth-order valence-corrected chi connectivity index (χ4v) is 4.44. The van der Waals surface area contributed by atoms with E-state index in [4.69, 9.17) is 27.9 Å². The van der Waals surface area contributed by atoms with Crippen LogP contribution in [0.25, 0.3) is 0 Å². The number of aromatic nitrogens is 1. The zero-order chi connectivity index (χ0) is 29.1. The van der Waals surface area contributed by atoms with E-state index in [0.29, 0.717) is 24.9 Å². The van der Waals surface area contributed by atoms with Gasteiger partial charge in [0.15, 0.2) is 12.4 Å². The van der Waals surface area contributed by atoms with Gasteiger partial charge in [0.2, 0.25) is 5.88 Å². The number of ketones is 1. The number of ether oxygens (including phenoxy) is 2. The first-order chi connectivity index (χ1) is 18.1. The number of nitrogens with zero attached hydrogens (tertiary/aromatic N) is 2. The number of alkyl halides is 4. The average Bonchev–Trinajstić information content (AvgIpc) is 3.32. The van der Waals surface area contributed by atoms with Crippen LogP contribution < -0.4 is 9.47 Å². The Bertz CT molecular complexity index is 1220. The largest absolute Gasteiger partial charge is 0.487 e. The molecule has 0 unspecified atom stereocenters. The Morgan fingerprint density at radius 3 is 2.44 bits per heavy atom. The van der Waals surface area contributed by atoms with Crippen LogP contribution in [0.1, 0.15) is 56.0 Å². The van der Waals surface area contributed by atoms with Crippen LogP contribution in [0.5, 0.6) is 11.6 Å². The minimum atomic E-state index is -4.38. The van der Waals surface area contributed by atoms with Crippen molar-refractivity contribution < 1.29 is 41.0 Å². The van der Waals surface area contributed by atoms with Crippen molar-refractivity contribution in [3.63, 3.8) is 0 Å². The molecule has 2 heterocycles. The number of carbonyl (C=O) groups is 2. The third-order valence-corrected chi connectivity index (χ3v) is 6.39. The minimum absolute atomic E-state index is 0.0650. The van der Waals surface area contributed by atoms with Gasteiger partial charge in [0.05, 0.1) is 16.6 Å². The molecule has 0 radical (unpaired) electrons. The van der Waals surface area contributed by atoms with Gasteiger partial charge in [0, 0.05) is 30.8 Å². The second kappa shape index (κ2) is 12.2. The van der Waals surface area contributed by atoms with Gasteiger partial charge >= 0.3 is 12.3 Å². The Labute approximate surface area is 232 Å². The molecule has 0 aliphatic carbocycles. The summed E-state index contributed by atoms with van der Waals surface area (Å²) in [6.07, 6.45) is -1.36. The maximum atomic E-state index is 15.0. The smallest absolute Gasteiger partial charge is 0.340 e. The van der Waals surface area contributed by atoms with E-state index >= 15 is 0 Å². The summed E-state index contributed by atoms with van der Waals surface area (Å²) in [6.45, 7) is 4.25. The van der Waals surface area contributed by atoms with Gasteiger partial charge in [-0.2, -0.15) is 8.78 Å². The highest BCUT2D eigenvalue weighted by Crippen LogP contribution is 2.33. The van der Waals surface area contributed by atoms with Crippen LogP contribution in [-0.4, -0.2) is 53.1 Å². The lowest BCUT2D eigenvalue weighted by Crippen LogP contribution is -2.41. The maximum Gasteiger partial charge on any atom is 0.340 e. The molecule has 0 spiro atoms. The summed E-state index contributed by atoms with van der Waals surface area (Å²) in [5.41, 5.74) is -0.241. The van der Waals surface area contributed by atoms with Crippen molar-refractivity contribution in [3.8, 4) is 11.6 Å². The number of hydrogen-bond donors (Lipinski definition) is 0. The van der Waals surface area contributed by atoms with E-state index in [-0.39, 0.29) is 45.6 Å². The Morgan fingerprint density at radius 2 is 1.82 bits per heavy atom. The molecule has 1 atom stereocenters. The SMILES string of the molecule is CC(C)(C)CC(=O)[C@@H]1CCCN1C(=O)c1cc(Cl)c(OCc2cnc(OCC(F)(F)C(F)F)c(Cl)c2)cc1F. The van der Waals surface area contributed by atoms with Crippen molar-refractivity contribution in [1.82, 2.24) is 9.88 Å². The van der Waals surface area contributed by atoms with Gasteiger partial charge in [-0.15, -0.1) is 0 Å². The minimum Gasteiger partial charge on any atom is -0.487 e. The highest BCUT2D eigenvalue weighted by molar-refractivity contribution is 6.32. The van der Waals surface area contributed by atoms with Gasteiger partial charge in [-0.3, -0.25) is 9.59 Å². The predicted octanol–water partition coefficient (Wildman–Crippen LogP) is 7.00. The zero-order valence-corrected chi connectivity index (χ0v) is 22.9. The number of rotatable bonds is 10. The highest BCUT2D eigenvalue weighted by Gasteiger charge is 2.42. The third-order valence-electron chi connectivity index (χ3n) is 5.82. The van der Waals surface area contributed by atoms with Crippen molar-refractivity contribution in [2.24, 2.45) is 5.41 Å². The molecule has 0 saturated carbocycles. The molecule has 3 rings (SSSR count). The molecule has 1 fully saturated rings. The van der Waals surface area contributed by atoms with Gasteiger partial charge in [0.25, 0.3) is 5.91 Å². The molecule has 214 valence electrons. The molecule has 0 N–H and O–H groups in total. The van der Waals surface area contributed by atoms with Gasteiger partial charge in [-0.25, -0.2) is 18.2 Å². The van der Waals surface area contributed by atoms with Crippen LogP contribution in [0.3, 0.4) is 0 Å². The third kappa shape index (κ3) is 7.94. The normalized spacial score (nSPS) is 16.1. The Kier molecular flexibility index (Phi) is 9.69. The van der Waals surface area contributed by atoms with E-state index in [0.717, 1.165) is 18.3 Å². The lowest BCUT2D eigenvalue weighted by Gasteiger charge is -2.27. The highest BCUT2D eigenvalue weighted by atomic mass is 35.5. The first kappa shape index (κ1) is 30.9. The van der Waals surface area contributed by atoms with Crippen molar-refractivity contribution >= 4 is 34.9 Å². The van der Waals surface area contributed by atoms with Gasteiger partial charge in [-0.05, 0) is 30.4 Å². The number of hydrogen-bond acceptors (Lipinski definition) is 5. The number of carbonyl (C=O) groups excluding carboxylic acids is 2. The molecule has 1 aromatic heterocycles. The summed E-state index contributed by atoms with van der Waals surface area (Å²) in [7, 11) is 0. The number of halogens is 7. The Morgan fingerprint density at radius 1 is 1.13 bits per heavy atom. The summed E-state index contributed by atoms with van der Waals surface area (Å²) in [5, 5.41) is -0.301. The molecular formula is C26H27Cl2F5N2O4. The van der Waals surface area contributed by atoms with E-state index in [1.165, 1.54) is 11.0 Å². The molecule has 1 aliphatic heterocycles. The van der Waals surface area contributed by atoms with E-state index in [9.17, 15) is 31.5 Å². The quantitative estimate of drug-likeness (QED) is 0.276. The Balaban J connectivity index is 1.67. The van der Waals surface area contributed by atoms with E-state index in [2.05, 4.69) is 9.72 Å². The average molecular weight is 597 g/mol. The molecule has 1 amide bonds. The zero-order valence-electron chi connectivity index (χ0n) is 21.4. The molecular weight excluding hydrogens is 570 g/mol. The number of pyridine rings is 1. The summed E-state index contributed by atoms with van der Waals surface area (Å²) >= 11 is 12.2. The number of benzene rings is 1. The van der Waals surface area contributed by atoms with Crippen LogP contribution in [0.4, 0.5) is 22.0 Å². The number of likely N-dealkylation sites (tertiary alicyclic amines) is 1. The van der Waals surface area contributed by atoms with Crippen molar-refractivity contribution in [3.05, 3.63) is 51.4 Å². The fourth-order valence-electron chi connectivity index (χ4n) is 3.98. The van der Waals surface area contributed by atoms with Crippen molar-refractivity contribution in [1.29, 1.82) is 0 Å². The molecule has 1 aromatic carbocycles. The fraction of sp³-hybridized carbons (Fsp3) is 0.500. The summed E-state index contributed by atoms with van der Waals surface area (Å²) in [6, 6.07) is 2.69. The molecule has 1 aliphatic rings. The number of Topliss-reactive ketones (excluding diaryl/α,β-unsaturated/α-hetero) is 1. The van der Waals surface area contributed by atoms with Gasteiger partial charge in [-0.1, -0.05) is 44.0 Å². The van der Waals surface area contributed by atoms with Crippen molar-refractivity contribution in [2.45, 2.75) is 65.0 Å². The van der Waals surface area contributed by atoms with E-state index in [1.54, 1.807) is 0 Å². The summed E-state index contributed by atoms with van der Waals surface area (Å²) < 4.78 is 75.8. The lowest BCUT2D eigenvalue weighted by molar-refractivity contribution is -0.148. The maximum absolute atomic E-state index is 15.0. The molecule has 13 heteroatoms. The number of amides is 1. The van der Waals surface area contributed by atoms with Crippen LogP contribution in [0, 0.1) is 11.2 Å². The standard InChI is InChI=1S/C26H27Cl2F5N2O4/c1-25(2,3)10-20(36)19-5-4-6-35(19)23(37)15-8-16(27)21(9-18(15)29)38-12-14-7-17(28)22(34-11-14)39-13-26(32,33)24(30)31/h7-9,11,19,24H,4-6,10,12-13H2,1-3H3/t19-/m0/s1. The van der Waals surface area contributed by atoms with E-state index < -0.39 is 42.6 Å². The topological polar surface area (TPSA) is 68.7 Å². The molecule has 6 nitrogen and oxygen atoms in total. The van der Waals surface area contributed by atoms with Gasteiger partial charge < -0.3 is 14.4 Å². The van der Waals surface area contributed by atoms with Crippen molar-refractivity contribution in [2.75, 3.05) is 13.2 Å². The van der Waals surface area contributed by atoms with E-state index in [1.807, 2.05) is 20.8 Å². The molecule has 2 aromatic rings. The molecule has 0 bridgehead atoms. The van der Waals surface area contributed by atoms with Crippen LogP contribution in [0.2, 0.25) is 10.0 Å². The monoisotopic (exact) mass is 596 g/mol. The second-order valence-electron chi connectivity index (χ2n) is 10.4. The second-order valence-corrected chi connectivity index (χ2v) is 11.2. The first-order valence-corrected chi connectivity index (χ1v) is 12.7. The summed E-state index contributed by atoms with van der Waals surface area (Å²) in [5.74, 6) is -6.57. The predicted molar refractivity (Wildman–Crippen MR) is 135 cm³/mol. The Hall–Kier alpha value is -2.66. The molecule has 1 saturated heterocycles. The van der Waals surface area contributed by atoms with Gasteiger partial charge in [0.1, 0.15) is 23.2 Å². The summed E-state index contributed by atoms with van der Waals surface area (Å²) in [4.78, 5) is 31.0. The van der Waals surface area contributed by atoms with Crippen LogP contribution in [0.15, 0.2) is 24.4 Å². The lowest BCUT2D eigenvalue weighted by atomic mass is 9.87.